The number of fused-ring (bicyclic) bond motifs is 6. The normalized spacial score (nSPS) is 20.8. The van der Waals surface area contributed by atoms with E-state index in [4.69, 9.17) is 0 Å². The second-order valence-electron chi connectivity index (χ2n) is 15.5. The summed E-state index contributed by atoms with van der Waals surface area (Å²) in [5.41, 5.74) is 10.6. The van der Waals surface area contributed by atoms with E-state index >= 15 is 0 Å². The van der Waals surface area contributed by atoms with Crippen molar-refractivity contribution in [2.45, 2.75) is 75.4 Å². The molecule has 5 aromatic rings. The summed E-state index contributed by atoms with van der Waals surface area (Å²) in [5.74, 6) is 0.308. The zero-order valence-corrected chi connectivity index (χ0v) is 32.1. The van der Waals surface area contributed by atoms with E-state index in [0.29, 0.717) is 11.0 Å². The Balaban J connectivity index is 1.18. The van der Waals surface area contributed by atoms with Crippen molar-refractivity contribution in [3.63, 3.8) is 0 Å². The van der Waals surface area contributed by atoms with Gasteiger partial charge in [-0.05, 0) is 121 Å². The van der Waals surface area contributed by atoms with Crippen LogP contribution in [0.25, 0.3) is 21.5 Å². The lowest BCUT2D eigenvalue weighted by atomic mass is 9.78. The highest BCUT2D eigenvalue weighted by Crippen LogP contribution is 2.51. The number of aromatic hydroxyl groups is 1. The first-order chi connectivity index (χ1) is 25.1. The average molecular weight is 702 g/mol. The fourth-order valence-corrected chi connectivity index (χ4v) is 10.3. The lowest BCUT2D eigenvalue weighted by molar-refractivity contribution is -0.433. The Labute approximate surface area is 313 Å². The molecule has 1 N–H and O–H groups in total. The maximum Gasteiger partial charge on any atom is 0.210 e. The molecule has 0 amide bonds. The highest BCUT2D eigenvalue weighted by Gasteiger charge is 2.45. The van der Waals surface area contributed by atoms with Gasteiger partial charge < -0.3 is 10.0 Å². The number of likely N-dealkylation sites (N-methyl/N-ethyl adjacent to an activating group) is 1. The average Bonchev–Trinajstić information content (AvgIpc) is 3.51. The number of nitrogens with zero attached hydrogens (tertiary/aromatic N) is 2. The number of rotatable bonds is 7. The van der Waals surface area contributed by atoms with Crippen LogP contribution in [0, 0.1) is 0 Å². The molecule has 1 unspecified atom stereocenters. The fraction of sp³-hybridized carbons (Fsp3) is 0.271. The first-order valence-electron chi connectivity index (χ1n) is 18.8. The van der Waals surface area contributed by atoms with Crippen LogP contribution in [0.15, 0.2) is 149 Å². The molecule has 3 nitrogen and oxygen atoms in total. The van der Waals surface area contributed by atoms with Gasteiger partial charge in [-0.2, -0.15) is 4.58 Å². The van der Waals surface area contributed by atoms with E-state index in [0.717, 1.165) is 25.9 Å². The van der Waals surface area contributed by atoms with Crippen LogP contribution in [-0.4, -0.2) is 33.7 Å². The molecule has 5 aromatic carbocycles. The molecular formula is C48H49N2OS+. The van der Waals surface area contributed by atoms with Crippen molar-refractivity contribution in [3.05, 3.63) is 155 Å². The smallest absolute Gasteiger partial charge is 0.210 e. The third-order valence-electron chi connectivity index (χ3n) is 11.5. The first-order valence-corrected chi connectivity index (χ1v) is 19.7. The van der Waals surface area contributed by atoms with Gasteiger partial charge >= 0.3 is 0 Å². The topological polar surface area (TPSA) is 26.5 Å². The van der Waals surface area contributed by atoms with Gasteiger partial charge in [-0.25, -0.2) is 0 Å². The van der Waals surface area contributed by atoms with Crippen molar-refractivity contribution < 1.29 is 9.68 Å². The van der Waals surface area contributed by atoms with Crippen LogP contribution < -0.4 is 4.90 Å². The minimum Gasteiger partial charge on any atom is -0.508 e. The van der Waals surface area contributed by atoms with Gasteiger partial charge in [0.1, 0.15) is 12.3 Å². The third kappa shape index (κ3) is 5.82. The molecule has 52 heavy (non-hydrogen) atoms. The van der Waals surface area contributed by atoms with Crippen LogP contribution in [0.5, 0.6) is 5.75 Å². The van der Waals surface area contributed by atoms with Crippen molar-refractivity contribution in [2.24, 2.45) is 0 Å². The standard InChI is InChI=1S/C48H48N2OS/c1-7-49-41-25-19-34-13-9-11-15-39(34)45(41)47(3,4)43(49)27-17-32-29-33(31-38(30-32)52-37-23-21-36(51)22-24-37)18-28-44-48(5,6)46-40-16-12-10-14-35(40)20-26-42(46)50(44)8-2/h9-29,38H,7-8,30-31H2,1-6H3/p+1. The van der Waals surface area contributed by atoms with Crippen LogP contribution in [-0.2, 0) is 10.8 Å². The summed E-state index contributed by atoms with van der Waals surface area (Å²) < 4.78 is 2.51. The predicted molar refractivity (Wildman–Crippen MR) is 223 cm³/mol. The molecule has 0 fully saturated rings. The van der Waals surface area contributed by atoms with Gasteiger partial charge in [0.2, 0.25) is 5.69 Å². The predicted octanol–water partition coefficient (Wildman–Crippen LogP) is 12.2. The minimum absolute atomic E-state index is 0.127. The Kier molecular flexibility index (Phi) is 8.78. The van der Waals surface area contributed by atoms with E-state index in [-0.39, 0.29) is 10.8 Å². The van der Waals surface area contributed by atoms with E-state index in [2.05, 4.69) is 154 Å². The summed E-state index contributed by atoms with van der Waals surface area (Å²) in [6.07, 6.45) is 14.0. The van der Waals surface area contributed by atoms with E-state index < -0.39 is 0 Å². The van der Waals surface area contributed by atoms with Crippen molar-refractivity contribution in [1.29, 1.82) is 0 Å². The summed E-state index contributed by atoms with van der Waals surface area (Å²) in [7, 11) is 0. The molecule has 0 spiro atoms. The number of hydrogen-bond donors (Lipinski definition) is 1. The van der Waals surface area contributed by atoms with Crippen molar-refractivity contribution in [3.8, 4) is 5.75 Å². The Bertz CT molecular complexity index is 2370. The Hall–Kier alpha value is -4.80. The zero-order chi connectivity index (χ0) is 36.2. The number of allylic oxidation sites excluding steroid dienone is 8. The quantitative estimate of drug-likeness (QED) is 0.171. The molecule has 262 valence electrons. The highest BCUT2D eigenvalue weighted by molar-refractivity contribution is 8.00. The first kappa shape index (κ1) is 34.3. The molecule has 4 heteroatoms. The molecule has 1 aliphatic carbocycles. The van der Waals surface area contributed by atoms with Crippen molar-refractivity contribution >= 4 is 50.4 Å². The molecule has 2 aliphatic heterocycles. The number of thioether (sulfide) groups is 1. The molecule has 0 saturated heterocycles. The second-order valence-corrected chi connectivity index (χ2v) is 16.8. The number of hydrogen-bond acceptors (Lipinski definition) is 3. The molecule has 0 bridgehead atoms. The number of anilines is 1. The largest absolute Gasteiger partial charge is 0.508 e. The van der Waals surface area contributed by atoms with Gasteiger partial charge in [0.05, 0.1) is 5.41 Å². The lowest BCUT2D eigenvalue weighted by Gasteiger charge is -2.27. The van der Waals surface area contributed by atoms with Gasteiger partial charge in [-0.3, -0.25) is 0 Å². The Morgan fingerprint density at radius 3 is 2.12 bits per heavy atom. The maximum atomic E-state index is 9.96. The summed E-state index contributed by atoms with van der Waals surface area (Å²) in [6, 6.07) is 34.5. The number of phenolic OH excluding ortho intramolecular Hbond substituents is 1. The highest BCUT2D eigenvalue weighted by atomic mass is 32.2. The fourth-order valence-electron chi connectivity index (χ4n) is 9.11. The van der Waals surface area contributed by atoms with Gasteiger partial charge in [0.25, 0.3) is 0 Å². The van der Waals surface area contributed by atoms with Crippen LogP contribution in [0.4, 0.5) is 11.4 Å². The van der Waals surface area contributed by atoms with Crippen LogP contribution in [0.1, 0.15) is 65.5 Å². The SMILES string of the molecule is CCN1/C(=C/C=C2C=C(/C=C/C3=[N+](CC)c4ccc5ccccc5c4C3(C)C)CC(Sc3ccc(O)cc3)C/2)C(C)(C)c2c1ccc1ccccc21. The molecule has 1 atom stereocenters. The van der Waals surface area contributed by atoms with E-state index in [9.17, 15) is 5.11 Å². The van der Waals surface area contributed by atoms with E-state index in [1.165, 1.54) is 71.5 Å². The summed E-state index contributed by atoms with van der Waals surface area (Å²) >= 11 is 1.91. The zero-order valence-electron chi connectivity index (χ0n) is 31.3. The van der Waals surface area contributed by atoms with Gasteiger partial charge in [0.15, 0.2) is 5.71 Å². The Morgan fingerprint density at radius 2 is 1.42 bits per heavy atom. The molecule has 8 rings (SSSR count). The van der Waals surface area contributed by atoms with Gasteiger partial charge in [-0.1, -0.05) is 86.7 Å². The molecule has 2 heterocycles. The Morgan fingerprint density at radius 1 is 0.750 bits per heavy atom. The second kappa shape index (κ2) is 13.3. The van der Waals surface area contributed by atoms with E-state index in [1.54, 1.807) is 12.1 Å². The molecule has 0 saturated carbocycles. The van der Waals surface area contributed by atoms with Crippen LogP contribution in [0.2, 0.25) is 0 Å². The monoisotopic (exact) mass is 701 g/mol. The molecule has 0 radical (unpaired) electrons. The maximum absolute atomic E-state index is 9.96. The lowest BCUT2D eigenvalue weighted by Crippen LogP contribution is -2.27. The molecular weight excluding hydrogens is 653 g/mol. The number of benzene rings is 5. The minimum atomic E-state index is -0.127. The van der Waals surface area contributed by atoms with Gasteiger partial charge in [0, 0.05) is 51.2 Å². The van der Waals surface area contributed by atoms with Gasteiger partial charge in [-0.15, -0.1) is 11.8 Å². The third-order valence-corrected chi connectivity index (χ3v) is 12.7. The summed E-state index contributed by atoms with van der Waals surface area (Å²) in [4.78, 5) is 3.70. The van der Waals surface area contributed by atoms with Crippen LogP contribution >= 0.6 is 11.8 Å². The van der Waals surface area contributed by atoms with E-state index in [1.807, 2.05) is 23.9 Å². The summed E-state index contributed by atoms with van der Waals surface area (Å²) in [6.45, 7) is 15.9. The molecule has 3 aliphatic rings. The van der Waals surface area contributed by atoms with Crippen LogP contribution in [0.3, 0.4) is 0 Å². The van der Waals surface area contributed by atoms with Crippen molar-refractivity contribution in [2.75, 3.05) is 18.0 Å². The van der Waals surface area contributed by atoms with Crippen molar-refractivity contribution in [1.82, 2.24) is 0 Å². The molecule has 0 aromatic heterocycles. The number of phenols is 1. The summed E-state index contributed by atoms with van der Waals surface area (Å²) in [5, 5.41) is 15.6.